The van der Waals surface area contributed by atoms with Gasteiger partial charge < -0.3 is 9.84 Å². The molecule has 104 valence electrons. The average Bonchev–Trinajstić information content (AvgIpc) is 2.27. The SMILES string of the molecule is CC(COc1c(Cl)ccc(C(=O)O)c1Cl)N=S(=O)=O. The van der Waals surface area contributed by atoms with Gasteiger partial charge >= 0.3 is 16.5 Å². The van der Waals surface area contributed by atoms with Gasteiger partial charge in [0.2, 0.25) is 0 Å². The Hall–Kier alpha value is -1.31. The topological polar surface area (TPSA) is 93.0 Å². The number of carbonyl (C=O) groups is 1. The zero-order valence-electron chi connectivity index (χ0n) is 9.63. The van der Waals surface area contributed by atoms with Crippen molar-refractivity contribution in [2.24, 2.45) is 4.36 Å². The number of carboxylic acids is 1. The summed E-state index contributed by atoms with van der Waals surface area (Å²) in [7, 11) is -2.54. The number of rotatable bonds is 5. The predicted octanol–water partition coefficient (Wildman–Crippen LogP) is 2.52. The second kappa shape index (κ2) is 6.74. The van der Waals surface area contributed by atoms with Gasteiger partial charge in [0.25, 0.3) is 0 Å². The Morgan fingerprint density at radius 3 is 2.63 bits per heavy atom. The van der Waals surface area contributed by atoms with Crippen LogP contribution in [0.1, 0.15) is 17.3 Å². The Labute approximate surface area is 120 Å². The fourth-order valence-corrected chi connectivity index (χ4v) is 2.13. The van der Waals surface area contributed by atoms with Crippen molar-refractivity contribution in [3.63, 3.8) is 0 Å². The molecule has 6 nitrogen and oxygen atoms in total. The molecule has 0 aromatic heterocycles. The van der Waals surface area contributed by atoms with Crippen LogP contribution in [0.4, 0.5) is 0 Å². The second-order valence-corrected chi connectivity index (χ2v) is 4.96. The van der Waals surface area contributed by atoms with E-state index in [2.05, 4.69) is 4.36 Å². The standard InChI is InChI=1S/C10H9Cl2NO5S/c1-5(13-19(16)17)4-18-9-7(11)3-2-6(8(9)12)10(14)15/h2-3,5H,4H2,1H3,(H,14,15). The van der Waals surface area contributed by atoms with Crippen LogP contribution in [0.5, 0.6) is 5.75 Å². The van der Waals surface area contributed by atoms with Crippen LogP contribution in [0.3, 0.4) is 0 Å². The number of hydrogen-bond donors (Lipinski definition) is 1. The van der Waals surface area contributed by atoms with Crippen molar-refractivity contribution in [2.75, 3.05) is 6.61 Å². The lowest BCUT2D eigenvalue weighted by molar-refractivity contribution is 0.0696. The Kier molecular flexibility index (Phi) is 5.59. The number of nitrogens with zero attached hydrogens (tertiary/aromatic N) is 1. The van der Waals surface area contributed by atoms with E-state index in [0.717, 1.165) is 0 Å². The van der Waals surface area contributed by atoms with Gasteiger partial charge in [-0.05, 0) is 19.1 Å². The molecule has 0 saturated heterocycles. The van der Waals surface area contributed by atoms with Crippen molar-refractivity contribution in [3.8, 4) is 5.75 Å². The Morgan fingerprint density at radius 2 is 2.11 bits per heavy atom. The van der Waals surface area contributed by atoms with Gasteiger partial charge in [0.15, 0.2) is 5.75 Å². The summed E-state index contributed by atoms with van der Waals surface area (Å²) < 4.78 is 29.2. The van der Waals surface area contributed by atoms with Crippen molar-refractivity contribution < 1.29 is 23.1 Å². The molecule has 9 heteroatoms. The van der Waals surface area contributed by atoms with Crippen molar-refractivity contribution in [1.82, 2.24) is 0 Å². The molecule has 0 heterocycles. The van der Waals surface area contributed by atoms with Crippen LogP contribution in [0, 0.1) is 0 Å². The molecular formula is C10H9Cl2NO5S. The first kappa shape index (κ1) is 15.7. The number of halogens is 2. The van der Waals surface area contributed by atoms with E-state index in [9.17, 15) is 13.2 Å². The van der Waals surface area contributed by atoms with E-state index in [4.69, 9.17) is 33.0 Å². The molecule has 0 aliphatic rings. The van der Waals surface area contributed by atoms with E-state index in [-0.39, 0.29) is 28.0 Å². The fourth-order valence-electron chi connectivity index (χ4n) is 1.21. The highest BCUT2D eigenvalue weighted by Crippen LogP contribution is 2.35. The molecule has 1 aromatic rings. The summed E-state index contributed by atoms with van der Waals surface area (Å²) in [4.78, 5) is 10.9. The Morgan fingerprint density at radius 1 is 1.47 bits per heavy atom. The molecule has 1 aromatic carbocycles. The van der Waals surface area contributed by atoms with Gasteiger partial charge in [0, 0.05) is 0 Å². The zero-order valence-corrected chi connectivity index (χ0v) is 12.0. The molecule has 0 amide bonds. The molecule has 0 aliphatic heterocycles. The van der Waals surface area contributed by atoms with Crippen LogP contribution in [-0.4, -0.2) is 32.1 Å². The largest absolute Gasteiger partial charge is 0.488 e. The van der Waals surface area contributed by atoms with Crippen LogP contribution in [0.15, 0.2) is 16.5 Å². The van der Waals surface area contributed by atoms with Crippen molar-refractivity contribution in [2.45, 2.75) is 13.0 Å². The third-order valence-electron chi connectivity index (χ3n) is 2.01. The van der Waals surface area contributed by atoms with Gasteiger partial charge in [-0.3, -0.25) is 0 Å². The van der Waals surface area contributed by atoms with Crippen LogP contribution < -0.4 is 4.74 Å². The monoisotopic (exact) mass is 325 g/mol. The maximum atomic E-state index is 10.9. The molecule has 1 unspecified atom stereocenters. The summed E-state index contributed by atoms with van der Waals surface area (Å²) in [5, 5.41) is 8.88. The molecule has 0 saturated carbocycles. The predicted molar refractivity (Wildman–Crippen MR) is 69.7 cm³/mol. The molecule has 0 radical (unpaired) electrons. The highest BCUT2D eigenvalue weighted by Gasteiger charge is 2.17. The molecule has 1 N–H and O–H groups in total. The lowest BCUT2D eigenvalue weighted by Crippen LogP contribution is -2.12. The third-order valence-corrected chi connectivity index (χ3v) is 3.22. The van der Waals surface area contributed by atoms with Gasteiger partial charge in [-0.1, -0.05) is 23.2 Å². The Bertz CT molecular complexity index is 621. The van der Waals surface area contributed by atoms with Crippen molar-refractivity contribution in [1.29, 1.82) is 0 Å². The Balaban J connectivity index is 2.98. The van der Waals surface area contributed by atoms with Gasteiger partial charge in [0.05, 0.1) is 21.7 Å². The van der Waals surface area contributed by atoms with Crippen LogP contribution in [0.2, 0.25) is 10.0 Å². The molecular weight excluding hydrogens is 317 g/mol. The first-order valence-electron chi connectivity index (χ1n) is 4.97. The highest BCUT2D eigenvalue weighted by molar-refractivity contribution is 7.61. The molecule has 0 fully saturated rings. The van der Waals surface area contributed by atoms with E-state index in [1.807, 2.05) is 0 Å². The third kappa shape index (κ3) is 4.38. The van der Waals surface area contributed by atoms with Crippen LogP contribution in [-0.2, 0) is 10.5 Å². The maximum absolute atomic E-state index is 10.9. The second-order valence-electron chi connectivity index (χ2n) is 3.53. The smallest absolute Gasteiger partial charge is 0.337 e. The fraction of sp³-hybridized carbons (Fsp3) is 0.300. The summed E-state index contributed by atoms with van der Waals surface area (Å²) in [5.41, 5.74) is -0.155. The highest BCUT2D eigenvalue weighted by atomic mass is 35.5. The van der Waals surface area contributed by atoms with Crippen molar-refractivity contribution >= 4 is 39.7 Å². The summed E-state index contributed by atoms with van der Waals surface area (Å²) in [5.74, 6) is -1.23. The first-order chi connectivity index (χ1) is 8.82. The number of hydrogen-bond acceptors (Lipinski definition) is 5. The number of benzene rings is 1. The lowest BCUT2D eigenvalue weighted by Gasteiger charge is -2.12. The van der Waals surface area contributed by atoms with Crippen LogP contribution in [0.25, 0.3) is 0 Å². The average molecular weight is 326 g/mol. The summed E-state index contributed by atoms with van der Waals surface area (Å²) in [6.45, 7) is 1.41. The molecule has 0 aliphatic carbocycles. The van der Waals surface area contributed by atoms with E-state index in [1.165, 1.54) is 19.1 Å². The molecule has 0 bridgehead atoms. The zero-order chi connectivity index (χ0) is 14.6. The molecule has 19 heavy (non-hydrogen) atoms. The minimum Gasteiger partial charge on any atom is -0.488 e. The van der Waals surface area contributed by atoms with Crippen molar-refractivity contribution in [3.05, 3.63) is 27.7 Å². The van der Waals surface area contributed by atoms with Gasteiger partial charge in [-0.25, -0.2) is 4.79 Å². The summed E-state index contributed by atoms with van der Waals surface area (Å²) in [6, 6.07) is 1.94. The van der Waals surface area contributed by atoms with E-state index in [1.54, 1.807) is 0 Å². The van der Waals surface area contributed by atoms with Gasteiger partial charge in [-0.15, -0.1) is 0 Å². The number of carboxylic acid groups (broad SMARTS) is 1. The van der Waals surface area contributed by atoms with Crippen LogP contribution >= 0.6 is 23.2 Å². The minimum absolute atomic E-state index is 0.0121. The summed E-state index contributed by atoms with van der Waals surface area (Å²) >= 11 is 11.7. The molecule has 1 rings (SSSR count). The summed E-state index contributed by atoms with van der Waals surface area (Å²) in [6.07, 6.45) is 0. The minimum atomic E-state index is -2.54. The normalized spacial score (nSPS) is 11.7. The first-order valence-corrected chi connectivity index (χ1v) is 6.76. The van der Waals surface area contributed by atoms with E-state index < -0.39 is 22.5 Å². The van der Waals surface area contributed by atoms with E-state index in [0.29, 0.717) is 0 Å². The molecule has 1 atom stereocenters. The molecule has 0 spiro atoms. The maximum Gasteiger partial charge on any atom is 0.337 e. The number of ether oxygens (including phenoxy) is 1. The quantitative estimate of drug-likeness (QED) is 0.897. The van der Waals surface area contributed by atoms with Gasteiger partial charge in [0.1, 0.15) is 6.61 Å². The van der Waals surface area contributed by atoms with E-state index >= 15 is 0 Å². The van der Waals surface area contributed by atoms with Gasteiger partial charge in [-0.2, -0.15) is 12.8 Å². The lowest BCUT2D eigenvalue weighted by atomic mass is 10.2. The number of aromatic carboxylic acids is 1.